The van der Waals surface area contributed by atoms with Crippen molar-refractivity contribution in [2.75, 3.05) is 25.5 Å². The molecule has 108 valence electrons. The van der Waals surface area contributed by atoms with Gasteiger partial charge < -0.3 is 20.7 Å². The number of rotatable bonds is 2. The van der Waals surface area contributed by atoms with Gasteiger partial charge in [0, 0.05) is 24.8 Å². The van der Waals surface area contributed by atoms with Crippen LogP contribution in [0.15, 0.2) is 18.2 Å². The third-order valence-corrected chi connectivity index (χ3v) is 3.45. The first-order valence-corrected chi connectivity index (χ1v) is 6.58. The first-order valence-electron chi connectivity index (χ1n) is 6.20. The summed E-state index contributed by atoms with van der Waals surface area (Å²) in [4.78, 5) is 25.0. The zero-order chi connectivity index (χ0) is 14.7. The zero-order valence-corrected chi connectivity index (χ0v) is 11.8. The molecule has 6 nitrogen and oxygen atoms in total. The maximum absolute atomic E-state index is 12.0. The van der Waals surface area contributed by atoms with Gasteiger partial charge in [-0.25, -0.2) is 9.59 Å². The van der Waals surface area contributed by atoms with Crippen molar-refractivity contribution in [2.45, 2.75) is 12.5 Å². The van der Waals surface area contributed by atoms with E-state index >= 15 is 0 Å². The fraction of sp³-hybridized carbons (Fsp3) is 0.385. The van der Waals surface area contributed by atoms with Crippen molar-refractivity contribution in [3.05, 3.63) is 28.8 Å². The lowest BCUT2D eigenvalue weighted by Gasteiger charge is -2.17. The van der Waals surface area contributed by atoms with Crippen LogP contribution in [0.4, 0.5) is 10.5 Å². The Labute approximate surface area is 121 Å². The number of nitrogens with zero attached hydrogens (tertiary/aromatic N) is 1. The number of hydrogen-bond acceptors (Lipinski definition) is 4. The number of likely N-dealkylation sites (tertiary alicyclic amines) is 1. The van der Waals surface area contributed by atoms with Gasteiger partial charge in [0.2, 0.25) is 0 Å². The number of esters is 1. The summed E-state index contributed by atoms with van der Waals surface area (Å²) in [5.41, 5.74) is 6.54. The molecule has 1 aliphatic rings. The minimum Gasteiger partial charge on any atom is -0.465 e. The molecular weight excluding hydrogens is 282 g/mol. The average molecular weight is 298 g/mol. The molecule has 3 N–H and O–H groups in total. The normalized spacial score (nSPS) is 17.9. The zero-order valence-electron chi connectivity index (χ0n) is 11.1. The Morgan fingerprint density at radius 3 is 2.80 bits per heavy atom. The minimum atomic E-state index is -0.515. The summed E-state index contributed by atoms with van der Waals surface area (Å²) in [6.07, 6.45) is 0.801. The van der Waals surface area contributed by atoms with Gasteiger partial charge in [-0.1, -0.05) is 11.6 Å². The lowest BCUT2D eigenvalue weighted by molar-refractivity contribution is 0.0601. The predicted molar refractivity (Wildman–Crippen MR) is 76.0 cm³/mol. The lowest BCUT2D eigenvalue weighted by atomic mass is 10.2. The van der Waals surface area contributed by atoms with Gasteiger partial charge in [0.15, 0.2) is 0 Å². The second-order valence-corrected chi connectivity index (χ2v) is 5.02. The van der Waals surface area contributed by atoms with Crippen LogP contribution >= 0.6 is 11.6 Å². The molecule has 2 amide bonds. The van der Waals surface area contributed by atoms with Gasteiger partial charge in [-0.2, -0.15) is 0 Å². The van der Waals surface area contributed by atoms with Gasteiger partial charge in [-0.15, -0.1) is 0 Å². The average Bonchev–Trinajstić information content (AvgIpc) is 2.85. The highest BCUT2D eigenvalue weighted by atomic mass is 35.5. The van der Waals surface area contributed by atoms with Crippen molar-refractivity contribution in [3.63, 3.8) is 0 Å². The number of halogens is 1. The third-order valence-electron chi connectivity index (χ3n) is 3.14. The molecule has 7 heteroatoms. The number of carbonyl (C=O) groups is 2. The quantitative estimate of drug-likeness (QED) is 0.814. The number of anilines is 1. The summed E-state index contributed by atoms with van der Waals surface area (Å²) in [5.74, 6) is -0.515. The summed E-state index contributed by atoms with van der Waals surface area (Å²) in [6, 6.07) is 4.44. The van der Waals surface area contributed by atoms with E-state index in [4.69, 9.17) is 17.3 Å². The maximum Gasteiger partial charge on any atom is 0.339 e. The molecule has 0 spiro atoms. The molecule has 0 radical (unpaired) electrons. The van der Waals surface area contributed by atoms with Crippen LogP contribution in [-0.2, 0) is 4.74 Å². The molecule has 1 unspecified atom stereocenters. The summed E-state index contributed by atoms with van der Waals surface area (Å²) in [6.45, 7) is 1.18. The van der Waals surface area contributed by atoms with E-state index in [9.17, 15) is 9.59 Å². The monoisotopic (exact) mass is 297 g/mol. The van der Waals surface area contributed by atoms with E-state index in [1.165, 1.54) is 19.2 Å². The Hall–Kier alpha value is -1.79. The summed E-state index contributed by atoms with van der Waals surface area (Å²) in [7, 11) is 1.28. The molecular formula is C13H16ClN3O3. The van der Waals surface area contributed by atoms with Crippen molar-refractivity contribution in [3.8, 4) is 0 Å². The molecule has 0 aromatic heterocycles. The fourth-order valence-electron chi connectivity index (χ4n) is 2.04. The molecule has 0 saturated carbocycles. The molecule has 1 saturated heterocycles. The topological polar surface area (TPSA) is 84.7 Å². The van der Waals surface area contributed by atoms with E-state index in [1.54, 1.807) is 11.0 Å². The van der Waals surface area contributed by atoms with Crippen molar-refractivity contribution < 1.29 is 14.3 Å². The first-order chi connectivity index (χ1) is 9.51. The summed E-state index contributed by atoms with van der Waals surface area (Å²) >= 11 is 5.98. The van der Waals surface area contributed by atoms with Crippen molar-refractivity contribution in [1.29, 1.82) is 0 Å². The first kappa shape index (κ1) is 14.6. The molecule has 0 bridgehead atoms. The van der Waals surface area contributed by atoms with Crippen molar-refractivity contribution in [2.24, 2.45) is 5.73 Å². The number of hydrogen-bond donors (Lipinski definition) is 2. The van der Waals surface area contributed by atoms with Gasteiger partial charge in [0.1, 0.15) is 0 Å². The van der Waals surface area contributed by atoms with Crippen molar-refractivity contribution in [1.82, 2.24) is 4.90 Å². The molecule has 1 aromatic rings. The van der Waals surface area contributed by atoms with Crippen LogP contribution < -0.4 is 11.1 Å². The number of nitrogens with two attached hydrogens (primary N) is 1. The van der Waals surface area contributed by atoms with Gasteiger partial charge >= 0.3 is 12.0 Å². The molecule has 0 aliphatic carbocycles. The number of methoxy groups -OCH3 is 1. The Morgan fingerprint density at radius 2 is 2.25 bits per heavy atom. The van der Waals surface area contributed by atoms with Gasteiger partial charge in [0.05, 0.1) is 17.7 Å². The van der Waals surface area contributed by atoms with Crippen LogP contribution in [0.25, 0.3) is 0 Å². The van der Waals surface area contributed by atoms with Gasteiger partial charge in [-0.3, -0.25) is 0 Å². The Morgan fingerprint density at radius 1 is 1.50 bits per heavy atom. The van der Waals surface area contributed by atoms with Crippen molar-refractivity contribution >= 4 is 29.3 Å². The van der Waals surface area contributed by atoms with Crippen LogP contribution in [0.2, 0.25) is 5.02 Å². The highest BCUT2D eigenvalue weighted by Gasteiger charge is 2.23. The smallest absolute Gasteiger partial charge is 0.339 e. The van der Waals surface area contributed by atoms with Crippen LogP contribution in [0.3, 0.4) is 0 Å². The number of carbonyl (C=O) groups excluding carboxylic acids is 2. The SMILES string of the molecule is COC(=O)c1ccc(NC(=O)N2CCC(N)C2)cc1Cl. The molecule has 1 heterocycles. The Balaban J connectivity index is 2.05. The largest absolute Gasteiger partial charge is 0.465 e. The standard InChI is InChI=1S/C13H16ClN3O3/c1-20-12(18)10-3-2-9(6-11(10)14)16-13(19)17-5-4-8(15)7-17/h2-3,6,8H,4-5,7,15H2,1H3,(H,16,19). The van der Waals surface area contributed by atoms with Gasteiger partial charge in [-0.05, 0) is 24.6 Å². The second kappa shape index (κ2) is 6.11. The molecule has 2 rings (SSSR count). The number of urea groups is 1. The van der Waals surface area contributed by atoms with E-state index in [0.717, 1.165) is 6.42 Å². The second-order valence-electron chi connectivity index (χ2n) is 4.61. The number of benzene rings is 1. The molecule has 20 heavy (non-hydrogen) atoms. The highest BCUT2D eigenvalue weighted by Crippen LogP contribution is 2.22. The van der Waals surface area contributed by atoms with E-state index in [1.807, 2.05) is 0 Å². The highest BCUT2D eigenvalue weighted by molar-refractivity contribution is 6.33. The predicted octanol–water partition coefficient (Wildman–Crippen LogP) is 1.69. The van der Waals surface area contributed by atoms with Crippen LogP contribution in [0, 0.1) is 0 Å². The lowest BCUT2D eigenvalue weighted by Crippen LogP contribution is -2.35. The molecule has 1 fully saturated rings. The number of amides is 2. The minimum absolute atomic E-state index is 0.0334. The van der Waals surface area contributed by atoms with E-state index in [-0.39, 0.29) is 22.7 Å². The Kier molecular flexibility index (Phi) is 4.46. The van der Waals surface area contributed by atoms with E-state index < -0.39 is 5.97 Å². The van der Waals surface area contributed by atoms with Crippen LogP contribution in [-0.4, -0.2) is 43.1 Å². The maximum atomic E-state index is 12.0. The fourth-order valence-corrected chi connectivity index (χ4v) is 2.30. The molecule has 1 aromatic carbocycles. The Bertz CT molecular complexity index is 536. The summed E-state index contributed by atoms with van der Waals surface area (Å²) in [5, 5.41) is 2.95. The third kappa shape index (κ3) is 3.20. The van der Waals surface area contributed by atoms with E-state index in [0.29, 0.717) is 18.8 Å². The summed E-state index contributed by atoms with van der Waals surface area (Å²) < 4.78 is 4.60. The van der Waals surface area contributed by atoms with Gasteiger partial charge in [0.25, 0.3) is 0 Å². The molecule has 1 aliphatic heterocycles. The van der Waals surface area contributed by atoms with Crippen LogP contribution in [0.5, 0.6) is 0 Å². The number of nitrogens with one attached hydrogen (secondary N) is 1. The van der Waals surface area contributed by atoms with Crippen LogP contribution in [0.1, 0.15) is 16.8 Å². The number of ether oxygens (including phenoxy) is 1. The molecule has 1 atom stereocenters. The van der Waals surface area contributed by atoms with E-state index in [2.05, 4.69) is 10.1 Å².